The minimum atomic E-state index is -1.50. The van der Waals surface area contributed by atoms with Crippen LogP contribution in [0.5, 0.6) is 5.75 Å². The van der Waals surface area contributed by atoms with E-state index in [1.165, 1.54) is 9.80 Å². The summed E-state index contributed by atoms with van der Waals surface area (Å²) in [6.07, 6.45) is 2.36. The van der Waals surface area contributed by atoms with E-state index in [0.717, 1.165) is 11.3 Å². The monoisotopic (exact) mass is 853 g/mol. The van der Waals surface area contributed by atoms with E-state index in [4.69, 9.17) is 11.6 Å². The predicted molar refractivity (Wildman–Crippen MR) is 226 cm³/mol. The normalized spacial score (nSPS) is 25.2. The van der Waals surface area contributed by atoms with Gasteiger partial charge in [0.2, 0.25) is 23.6 Å². The highest BCUT2D eigenvalue weighted by Crippen LogP contribution is 2.65. The molecule has 9 rings (SSSR count). The number of allylic oxidation sites excluding steroid dienone is 2. The molecule has 2 aliphatic heterocycles. The first-order valence-electron chi connectivity index (χ1n) is 19.0. The van der Waals surface area contributed by atoms with E-state index in [9.17, 15) is 19.5 Å². The largest absolute Gasteiger partial charge is 0.508 e. The lowest BCUT2D eigenvalue weighted by molar-refractivity contribution is -0.127. The highest BCUT2D eigenvalue weighted by molar-refractivity contribution is 9.10. The number of carbonyl (C=O) groups excluding carboxylic acids is 4. The van der Waals surface area contributed by atoms with Gasteiger partial charge in [0.1, 0.15) is 5.75 Å². The van der Waals surface area contributed by atoms with Gasteiger partial charge in [-0.05, 0) is 109 Å². The van der Waals surface area contributed by atoms with Crippen LogP contribution in [0.15, 0.2) is 148 Å². The molecule has 2 saturated heterocycles. The Hall–Kier alpha value is -5.91. The van der Waals surface area contributed by atoms with Crippen LogP contribution in [0.4, 0.5) is 28.4 Å². The number of phenols is 1. The van der Waals surface area contributed by atoms with Crippen LogP contribution in [-0.2, 0) is 24.6 Å². The fourth-order valence-corrected chi connectivity index (χ4v) is 10.3. The molecule has 10 nitrogen and oxygen atoms in total. The van der Waals surface area contributed by atoms with Gasteiger partial charge in [0.25, 0.3) is 0 Å². The first kappa shape index (κ1) is 37.7. The smallest absolute Gasteiger partial charge is 0.246 e. The number of hydrogen-bond acceptors (Lipinski definition) is 8. The number of nitrogens with zero attached hydrogens (tertiary/aromatic N) is 5. The molecule has 2 aliphatic carbocycles. The van der Waals surface area contributed by atoms with Gasteiger partial charge in [0, 0.05) is 40.8 Å². The van der Waals surface area contributed by atoms with Crippen LogP contribution in [0.1, 0.15) is 29.9 Å². The summed E-state index contributed by atoms with van der Waals surface area (Å²) >= 11 is 10.0. The first-order valence-corrected chi connectivity index (χ1v) is 20.2. The molecule has 1 saturated carbocycles. The molecule has 5 aromatic rings. The van der Waals surface area contributed by atoms with Crippen molar-refractivity contribution in [2.75, 3.05) is 28.8 Å². The molecule has 12 heteroatoms. The number of imide groups is 2. The molecule has 0 radical (unpaired) electrons. The summed E-state index contributed by atoms with van der Waals surface area (Å²) < 4.78 is 0.670. The van der Waals surface area contributed by atoms with E-state index in [-0.39, 0.29) is 30.4 Å². The summed E-state index contributed by atoms with van der Waals surface area (Å²) in [6, 6.07) is 35.4. The summed E-state index contributed by atoms with van der Waals surface area (Å²) in [4.78, 5) is 63.9. The number of fused-ring (bicyclic) bond motifs is 4. The molecule has 4 amide bonds. The Morgan fingerprint density at radius 2 is 1.43 bits per heavy atom. The van der Waals surface area contributed by atoms with Crippen molar-refractivity contribution < 1.29 is 24.3 Å². The van der Waals surface area contributed by atoms with Gasteiger partial charge in [-0.3, -0.25) is 24.1 Å². The van der Waals surface area contributed by atoms with Crippen molar-refractivity contribution in [3.63, 3.8) is 0 Å². The molecular weight excluding hydrogens is 818 g/mol. The van der Waals surface area contributed by atoms with Crippen molar-refractivity contribution in [2.45, 2.75) is 24.2 Å². The van der Waals surface area contributed by atoms with Gasteiger partial charge in [-0.15, -0.1) is 0 Å². The molecular formula is C46H37BrClN5O5. The number of azo groups is 1. The second-order valence-corrected chi connectivity index (χ2v) is 16.8. The lowest BCUT2D eigenvalue weighted by atomic mass is 9.49. The zero-order valence-corrected chi connectivity index (χ0v) is 33.8. The van der Waals surface area contributed by atoms with Gasteiger partial charge >= 0.3 is 0 Å². The van der Waals surface area contributed by atoms with Crippen molar-refractivity contribution >= 4 is 79.6 Å². The van der Waals surface area contributed by atoms with E-state index >= 15 is 4.79 Å². The number of anilines is 3. The molecule has 0 spiro atoms. The number of aromatic hydroxyl groups is 1. The lowest BCUT2D eigenvalue weighted by Gasteiger charge is -2.50. The Kier molecular flexibility index (Phi) is 9.40. The van der Waals surface area contributed by atoms with Crippen LogP contribution in [-0.4, -0.2) is 42.8 Å². The Bertz CT molecular complexity index is 2560. The molecule has 290 valence electrons. The highest BCUT2D eigenvalue weighted by Gasteiger charge is 2.70. The first-order chi connectivity index (χ1) is 28.0. The van der Waals surface area contributed by atoms with Crippen LogP contribution in [0.25, 0.3) is 0 Å². The summed E-state index contributed by atoms with van der Waals surface area (Å²) in [5, 5.41) is 20.7. The van der Waals surface area contributed by atoms with E-state index < -0.39 is 46.8 Å². The molecule has 58 heavy (non-hydrogen) atoms. The van der Waals surface area contributed by atoms with Gasteiger partial charge in [0.05, 0.1) is 45.9 Å². The Morgan fingerprint density at radius 3 is 2.10 bits per heavy atom. The zero-order valence-electron chi connectivity index (χ0n) is 31.5. The number of carbonyl (C=O) groups is 4. The van der Waals surface area contributed by atoms with E-state index in [0.29, 0.717) is 43.4 Å². The maximum atomic E-state index is 15.4. The van der Waals surface area contributed by atoms with Gasteiger partial charge in [-0.25, -0.2) is 4.90 Å². The van der Waals surface area contributed by atoms with E-state index in [1.807, 2.05) is 79.7 Å². The fourth-order valence-electron chi connectivity index (χ4n) is 9.70. The molecule has 1 N–H and O–H groups in total. The fraction of sp³-hybridized carbons (Fsp3) is 0.217. The van der Waals surface area contributed by atoms with Gasteiger partial charge in [0.15, 0.2) is 0 Å². The van der Waals surface area contributed by atoms with E-state index in [1.54, 1.807) is 66.7 Å². The van der Waals surface area contributed by atoms with Gasteiger partial charge < -0.3 is 10.0 Å². The molecule has 0 bridgehead atoms. The molecule has 0 aromatic heterocycles. The number of hydrogen-bond donors (Lipinski definition) is 1. The second-order valence-electron chi connectivity index (χ2n) is 15.4. The molecule has 3 fully saturated rings. The van der Waals surface area contributed by atoms with Crippen LogP contribution < -0.4 is 14.7 Å². The minimum absolute atomic E-state index is 0.0503. The molecule has 2 heterocycles. The van der Waals surface area contributed by atoms with E-state index in [2.05, 4.69) is 26.2 Å². The van der Waals surface area contributed by atoms with Crippen LogP contribution in [0, 0.1) is 23.7 Å². The zero-order chi connectivity index (χ0) is 40.5. The quantitative estimate of drug-likeness (QED) is 0.0989. The molecule has 6 atom stereocenters. The molecule has 6 unspecified atom stereocenters. The highest BCUT2D eigenvalue weighted by atomic mass is 79.9. The van der Waals surface area contributed by atoms with Crippen molar-refractivity contribution in [2.24, 2.45) is 33.9 Å². The van der Waals surface area contributed by atoms with Crippen molar-refractivity contribution in [1.82, 2.24) is 0 Å². The summed E-state index contributed by atoms with van der Waals surface area (Å²) in [7, 11) is 3.93. The van der Waals surface area contributed by atoms with Gasteiger partial charge in [-0.1, -0.05) is 75.6 Å². The third-order valence-corrected chi connectivity index (χ3v) is 13.0. The SMILES string of the molecule is CN(C)c1ccc(N=Nc2ccc(N3C(=O)C4CC=C5C(CC6C(=O)N(c7cccc(Cl)c7)C(=O)C6(c6ccccc6)C5c5cc(Br)ccc5O)C4C3=O)cc2)cc1. The topological polar surface area (TPSA) is 123 Å². The Labute approximate surface area is 348 Å². The number of amides is 4. The van der Waals surface area contributed by atoms with Crippen LogP contribution >= 0.6 is 27.5 Å². The lowest BCUT2D eigenvalue weighted by Crippen LogP contribution is -2.53. The summed E-state index contributed by atoms with van der Waals surface area (Å²) in [5.74, 6) is -5.49. The number of rotatable bonds is 7. The summed E-state index contributed by atoms with van der Waals surface area (Å²) in [6.45, 7) is 0. The third kappa shape index (κ3) is 5.90. The predicted octanol–water partition coefficient (Wildman–Crippen LogP) is 9.66. The maximum Gasteiger partial charge on any atom is 0.246 e. The Morgan fingerprint density at radius 1 is 0.741 bits per heavy atom. The van der Waals surface area contributed by atoms with Crippen molar-refractivity contribution in [3.05, 3.63) is 154 Å². The maximum absolute atomic E-state index is 15.4. The average Bonchev–Trinajstić information content (AvgIpc) is 3.62. The van der Waals surface area contributed by atoms with Crippen molar-refractivity contribution in [1.29, 1.82) is 0 Å². The van der Waals surface area contributed by atoms with Crippen LogP contribution in [0.2, 0.25) is 5.02 Å². The second kappa shape index (κ2) is 14.5. The average molecular weight is 855 g/mol. The van der Waals surface area contributed by atoms with Crippen molar-refractivity contribution in [3.8, 4) is 5.75 Å². The molecule has 4 aliphatic rings. The third-order valence-electron chi connectivity index (χ3n) is 12.2. The van der Waals surface area contributed by atoms with Gasteiger partial charge in [-0.2, -0.15) is 10.2 Å². The molecule has 5 aromatic carbocycles. The number of benzene rings is 5. The standard InChI is InChI=1S/C46H37BrClN5O5/c1-51(2)31-16-12-29(13-17-31)49-50-30-14-18-32(19-15-30)52-42(55)35-21-20-34-36(40(35)44(52)57)25-38-43(56)53(33-10-6-9-28(48)24-33)45(58)46(38,26-7-4-3-5-8-26)41(34)37-23-27(47)11-22-39(37)54/h3-20,22-24,35-36,38,40-41,54H,21,25H2,1-2H3. The Balaban J connectivity index is 1.12. The number of phenolic OH excluding ortho intramolecular Hbond substituents is 1. The minimum Gasteiger partial charge on any atom is -0.508 e. The van der Waals surface area contributed by atoms with Crippen LogP contribution in [0.3, 0.4) is 0 Å². The number of halogens is 2. The summed E-state index contributed by atoms with van der Waals surface area (Å²) in [5.41, 5.74) is 3.33.